The highest BCUT2D eigenvalue weighted by atomic mass is 16.5. The molecule has 2 aliphatic rings. The Morgan fingerprint density at radius 2 is 2.00 bits per heavy atom. The van der Waals surface area contributed by atoms with Crippen LogP contribution in [0.15, 0.2) is 0 Å². The van der Waals surface area contributed by atoms with E-state index in [-0.39, 0.29) is 0 Å². The van der Waals surface area contributed by atoms with Gasteiger partial charge < -0.3 is 15.0 Å². The van der Waals surface area contributed by atoms with Gasteiger partial charge in [0.25, 0.3) is 0 Å². The minimum atomic E-state index is 0.735. The van der Waals surface area contributed by atoms with Crippen molar-refractivity contribution in [3.8, 4) is 0 Å². The molecular formula is C13H26N2O. The molecule has 0 saturated carbocycles. The van der Waals surface area contributed by atoms with Gasteiger partial charge in [-0.05, 0) is 51.2 Å². The van der Waals surface area contributed by atoms with Crippen LogP contribution in [0.5, 0.6) is 0 Å². The second-order valence-electron chi connectivity index (χ2n) is 5.60. The molecule has 0 amide bonds. The minimum Gasteiger partial charge on any atom is -0.381 e. The average molecular weight is 226 g/mol. The highest BCUT2D eigenvalue weighted by Crippen LogP contribution is 2.18. The van der Waals surface area contributed by atoms with E-state index < -0.39 is 0 Å². The molecule has 0 spiro atoms. The summed E-state index contributed by atoms with van der Waals surface area (Å²) >= 11 is 0. The summed E-state index contributed by atoms with van der Waals surface area (Å²) in [6, 6.07) is 0.735. The lowest BCUT2D eigenvalue weighted by molar-refractivity contribution is 0.0630. The fraction of sp³-hybridized carbons (Fsp3) is 1.00. The summed E-state index contributed by atoms with van der Waals surface area (Å²) in [4.78, 5) is 2.44. The largest absolute Gasteiger partial charge is 0.381 e. The van der Waals surface area contributed by atoms with Gasteiger partial charge in [-0.2, -0.15) is 0 Å². The van der Waals surface area contributed by atoms with E-state index in [4.69, 9.17) is 4.74 Å². The molecule has 2 atom stereocenters. The van der Waals surface area contributed by atoms with Crippen molar-refractivity contribution in [3.05, 3.63) is 0 Å². The predicted octanol–water partition coefficient (Wildman–Crippen LogP) is 1.34. The molecule has 2 heterocycles. The van der Waals surface area contributed by atoms with E-state index in [1.807, 2.05) is 0 Å². The van der Waals surface area contributed by atoms with E-state index in [1.54, 1.807) is 0 Å². The molecule has 2 fully saturated rings. The van der Waals surface area contributed by atoms with Crippen LogP contribution in [0.4, 0.5) is 0 Å². The SMILES string of the molecule is CC1CN(C)CCC1NCC1CCOCC1. The molecule has 0 aromatic rings. The third kappa shape index (κ3) is 3.44. The van der Waals surface area contributed by atoms with Crippen molar-refractivity contribution >= 4 is 0 Å². The van der Waals surface area contributed by atoms with Gasteiger partial charge in [-0.1, -0.05) is 6.92 Å². The molecule has 2 saturated heterocycles. The monoisotopic (exact) mass is 226 g/mol. The minimum absolute atomic E-state index is 0.735. The highest BCUT2D eigenvalue weighted by molar-refractivity contribution is 4.82. The Kier molecular flexibility index (Phi) is 4.62. The van der Waals surface area contributed by atoms with Crippen molar-refractivity contribution in [1.82, 2.24) is 10.2 Å². The zero-order chi connectivity index (χ0) is 11.4. The summed E-state index contributed by atoms with van der Waals surface area (Å²) in [6.45, 7) is 7.99. The molecule has 2 unspecified atom stereocenters. The van der Waals surface area contributed by atoms with Gasteiger partial charge in [0.1, 0.15) is 0 Å². The quantitative estimate of drug-likeness (QED) is 0.786. The molecule has 1 N–H and O–H groups in total. The number of piperidine rings is 1. The first-order valence-electron chi connectivity index (χ1n) is 6.75. The zero-order valence-electron chi connectivity index (χ0n) is 10.7. The lowest BCUT2D eigenvalue weighted by Crippen LogP contribution is -2.48. The van der Waals surface area contributed by atoms with Crippen molar-refractivity contribution in [1.29, 1.82) is 0 Å². The Labute approximate surface area is 99.5 Å². The molecule has 0 aromatic heterocycles. The number of rotatable bonds is 3. The molecule has 94 valence electrons. The number of likely N-dealkylation sites (tertiary alicyclic amines) is 1. The van der Waals surface area contributed by atoms with Crippen LogP contribution in [0, 0.1) is 11.8 Å². The molecule has 2 aliphatic heterocycles. The maximum absolute atomic E-state index is 5.39. The third-order valence-electron chi connectivity index (χ3n) is 4.12. The number of hydrogen-bond acceptors (Lipinski definition) is 3. The van der Waals surface area contributed by atoms with Gasteiger partial charge in [0.2, 0.25) is 0 Å². The van der Waals surface area contributed by atoms with Gasteiger partial charge in [-0.3, -0.25) is 0 Å². The van der Waals surface area contributed by atoms with E-state index in [0.717, 1.165) is 31.1 Å². The van der Waals surface area contributed by atoms with E-state index in [2.05, 4.69) is 24.2 Å². The summed E-state index contributed by atoms with van der Waals surface area (Å²) < 4.78 is 5.39. The van der Waals surface area contributed by atoms with Crippen LogP contribution >= 0.6 is 0 Å². The molecule has 3 heteroatoms. The molecule has 16 heavy (non-hydrogen) atoms. The van der Waals surface area contributed by atoms with Crippen molar-refractivity contribution in [2.45, 2.75) is 32.2 Å². The smallest absolute Gasteiger partial charge is 0.0469 e. The van der Waals surface area contributed by atoms with Gasteiger partial charge in [-0.25, -0.2) is 0 Å². The first-order chi connectivity index (χ1) is 7.75. The molecule has 0 radical (unpaired) electrons. The molecule has 0 aliphatic carbocycles. The fourth-order valence-electron chi connectivity index (χ4n) is 2.93. The first kappa shape index (κ1) is 12.3. The summed E-state index contributed by atoms with van der Waals surface area (Å²) in [5, 5.41) is 3.78. The third-order valence-corrected chi connectivity index (χ3v) is 4.12. The Bertz CT molecular complexity index is 204. The number of nitrogens with one attached hydrogen (secondary N) is 1. The van der Waals surface area contributed by atoms with Crippen LogP contribution in [0.2, 0.25) is 0 Å². The Morgan fingerprint density at radius 1 is 1.25 bits per heavy atom. The molecular weight excluding hydrogens is 200 g/mol. The van der Waals surface area contributed by atoms with Gasteiger partial charge in [-0.15, -0.1) is 0 Å². The molecule has 3 nitrogen and oxygen atoms in total. The van der Waals surface area contributed by atoms with Crippen molar-refractivity contribution in [2.24, 2.45) is 11.8 Å². The Morgan fingerprint density at radius 3 is 2.69 bits per heavy atom. The molecule has 2 rings (SSSR count). The topological polar surface area (TPSA) is 24.5 Å². The summed E-state index contributed by atoms with van der Waals surface area (Å²) in [7, 11) is 2.23. The maximum Gasteiger partial charge on any atom is 0.0469 e. The van der Waals surface area contributed by atoms with Gasteiger partial charge in [0.05, 0.1) is 0 Å². The summed E-state index contributed by atoms with van der Waals surface area (Å²) in [5.41, 5.74) is 0. The number of hydrogen-bond donors (Lipinski definition) is 1. The van der Waals surface area contributed by atoms with Crippen LogP contribution in [-0.2, 0) is 4.74 Å². The van der Waals surface area contributed by atoms with Crippen molar-refractivity contribution in [3.63, 3.8) is 0 Å². The second kappa shape index (κ2) is 5.99. The highest BCUT2D eigenvalue weighted by Gasteiger charge is 2.24. The average Bonchev–Trinajstić information content (AvgIpc) is 2.29. The van der Waals surface area contributed by atoms with E-state index in [1.165, 1.54) is 38.9 Å². The van der Waals surface area contributed by atoms with Gasteiger partial charge in [0.15, 0.2) is 0 Å². The van der Waals surface area contributed by atoms with E-state index in [0.29, 0.717) is 0 Å². The van der Waals surface area contributed by atoms with Crippen LogP contribution in [0.1, 0.15) is 26.2 Å². The number of nitrogens with zero attached hydrogens (tertiary/aromatic N) is 1. The van der Waals surface area contributed by atoms with Gasteiger partial charge in [0, 0.05) is 25.8 Å². The Balaban J connectivity index is 1.68. The van der Waals surface area contributed by atoms with E-state index in [9.17, 15) is 0 Å². The predicted molar refractivity (Wildman–Crippen MR) is 66.6 cm³/mol. The van der Waals surface area contributed by atoms with Gasteiger partial charge >= 0.3 is 0 Å². The standard InChI is InChI=1S/C13H26N2O/c1-11-10-15(2)6-3-13(11)14-9-12-4-7-16-8-5-12/h11-14H,3-10H2,1-2H3. The molecule has 0 bridgehead atoms. The maximum atomic E-state index is 5.39. The van der Waals surface area contributed by atoms with Crippen molar-refractivity contribution < 1.29 is 4.74 Å². The van der Waals surface area contributed by atoms with Crippen LogP contribution in [0.3, 0.4) is 0 Å². The first-order valence-corrected chi connectivity index (χ1v) is 6.75. The molecule has 0 aromatic carbocycles. The number of ether oxygens (including phenoxy) is 1. The van der Waals surface area contributed by atoms with Crippen LogP contribution in [0.25, 0.3) is 0 Å². The van der Waals surface area contributed by atoms with Crippen molar-refractivity contribution in [2.75, 3.05) is 39.9 Å². The van der Waals surface area contributed by atoms with Crippen LogP contribution < -0.4 is 5.32 Å². The fourth-order valence-corrected chi connectivity index (χ4v) is 2.93. The summed E-state index contributed by atoms with van der Waals surface area (Å²) in [6.07, 6.45) is 3.79. The van der Waals surface area contributed by atoms with Crippen LogP contribution in [-0.4, -0.2) is 50.8 Å². The zero-order valence-corrected chi connectivity index (χ0v) is 10.7. The lowest BCUT2D eigenvalue weighted by atomic mass is 9.92. The normalized spacial score (nSPS) is 34.1. The Hall–Kier alpha value is -0.120. The lowest BCUT2D eigenvalue weighted by Gasteiger charge is -2.36. The van der Waals surface area contributed by atoms with E-state index >= 15 is 0 Å². The summed E-state index contributed by atoms with van der Waals surface area (Å²) in [5.74, 6) is 1.64. The second-order valence-corrected chi connectivity index (χ2v) is 5.60.